The average molecular weight is 356 g/mol. The Labute approximate surface area is 136 Å². The maximum Gasteiger partial charge on any atom is 0.174 e. The molecule has 1 aromatic rings. The molecule has 118 valence electrons. The molecule has 4 heteroatoms. The van der Waals surface area contributed by atoms with Crippen LogP contribution < -0.4 is 14.8 Å². The summed E-state index contributed by atoms with van der Waals surface area (Å²) >= 11 is 3.54. The van der Waals surface area contributed by atoms with Gasteiger partial charge in [-0.1, -0.05) is 32.1 Å². The summed E-state index contributed by atoms with van der Waals surface area (Å²) in [5, 5.41) is 3.55. The number of ether oxygens (including phenoxy) is 2. The maximum absolute atomic E-state index is 5.38. The SMILES string of the molecule is COc1cc(CNCCC2CCCCC2)cc(Br)c1OC. The van der Waals surface area contributed by atoms with Crippen LogP contribution in [-0.4, -0.2) is 20.8 Å². The fourth-order valence-electron chi connectivity index (χ4n) is 3.09. The van der Waals surface area contributed by atoms with Crippen LogP contribution in [0, 0.1) is 5.92 Å². The zero-order valence-corrected chi connectivity index (χ0v) is 14.7. The Morgan fingerprint density at radius 1 is 1.14 bits per heavy atom. The first-order valence-electron chi connectivity index (χ1n) is 7.85. The third kappa shape index (κ3) is 4.89. The smallest absolute Gasteiger partial charge is 0.174 e. The summed E-state index contributed by atoms with van der Waals surface area (Å²) in [6.45, 7) is 1.96. The lowest BCUT2D eigenvalue weighted by Crippen LogP contribution is -2.19. The van der Waals surface area contributed by atoms with Crippen molar-refractivity contribution in [2.45, 2.75) is 45.1 Å². The second kappa shape index (κ2) is 8.64. The number of hydrogen-bond acceptors (Lipinski definition) is 3. The van der Waals surface area contributed by atoms with Gasteiger partial charge in [-0.05, 0) is 52.5 Å². The molecule has 0 amide bonds. The van der Waals surface area contributed by atoms with Crippen molar-refractivity contribution in [2.75, 3.05) is 20.8 Å². The number of nitrogens with one attached hydrogen (secondary N) is 1. The van der Waals surface area contributed by atoms with Crippen molar-refractivity contribution in [1.82, 2.24) is 5.32 Å². The molecule has 1 aromatic carbocycles. The van der Waals surface area contributed by atoms with Gasteiger partial charge in [0.05, 0.1) is 18.7 Å². The summed E-state index contributed by atoms with van der Waals surface area (Å²) in [5.74, 6) is 2.46. The van der Waals surface area contributed by atoms with Crippen LogP contribution in [0.2, 0.25) is 0 Å². The quantitative estimate of drug-likeness (QED) is 0.729. The van der Waals surface area contributed by atoms with Crippen molar-refractivity contribution in [1.29, 1.82) is 0 Å². The first-order valence-corrected chi connectivity index (χ1v) is 8.65. The molecule has 2 rings (SSSR count). The zero-order chi connectivity index (χ0) is 15.1. The zero-order valence-electron chi connectivity index (χ0n) is 13.1. The maximum atomic E-state index is 5.38. The lowest BCUT2D eigenvalue weighted by molar-refractivity contribution is 0.333. The first-order chi connectivity index (χ1) is 10.2. The van der Waals surface area contributed by atoms with E-state index in [4.69, 9.17) is 9.47 Å². The van der Waals surface area contributed by atoms with E-state index in [9.17, 15) is 0 Å². The van der Waals surface area contributed by atoms with Crippen LogP contribution in [0.15, 0.2) is 16.6 Å². The Kier molecular flexibility index (Phi) is 6.84. The van der Waals surface area contributed by atoms with Crippen molar-refractivity contribution < 1.29 is 9.47 Å². The highest BCUT2D eigenvalue weighted by Crippen LogP contribution is 2.36. The van der Waals surface area contributed by atoms with Gasteiger partial charge in [-0.2, -0.15) is 0 Å². The largest absolute Gasteiger partial charge is 0.493 e. The molecule has 0 unspecified atom stereocenters. The molecule has 0 saturated heterocycles. The van der Waals surface area contributed by atoms with E-state index in [0.29, 0.717) is 0 Å². The van der Waals surface area contributed by atoms with Gasteiger partial charge < -0.3 is 14.8 Å². The van der Waals surface area contributed by atoms with Crippen LogP contribution in [0.25, 0.3) is 0 Å². The number of rotatable bonds is 7. The molecule has 0 heterocycles. The molecule has 21 heavy (non-hydrogen) atoms. The minimum absolute atomic E-state index is 0.753. The Morgan fingerprint density at radius 3 is 2.57 bits per heavy atom. The van der Waals surface area contributed by atoms with E-state index in [2.05, 4.69) is 27.3 Å². The van der Waals surface area contributed by atoms with Crippen LogP contribution in [0.3, 0.4) is 0 Å². The number of methoxy groups -OCH3 is 2. The molecule has 3 nitrogen and oxygen atoms in total. The van der Waals surface area contributed by atoms with E-state index in [-0.39, 0.29) is 0 Å². The summed E-state index contributed by atoms with van der Waals surface area (Å²) in [7, 11) is 3.33. The molecule has 0 aliphatic heterocycles. The van der Waals surface area contributed by atoms with Crippen molar-refractivity contribution in [3.05, 3.63) is 22.2 Å². The van der Waals surface area contributed by atoms with Crippen LogP contribution in [0.4, 0.5) is 0 Å². The molecule has 1 aliphatic carbocycles. The Balaban J connectivity index is 1.81. The van der Waals surface area contributed by atoms with Gasteiger partial charge in [0.1, 0.15) is 0 Å². The molecular weight excluding hydrogens is 330 g/mol. The number of benzene rings is 1. The topological polar surface area (TPSA) is 30.5 Å². The van der Waals surface area contributed by atoms with Crippen LogP contribution >= 0.6 is 15.9 Å². The minimum atomic E-state index is 0.753. The fraction of sp³-hybridized carbons (Fsp3) is 0.647. The molecule has 0 bridgehead atoms. The highest BCUT2D eigenvalue weighted by atomic mass is 79.9. The van der Waals surface area contributed by atoms with E-state index in [1.807, 2.05) is 6.07 Å². The van der Waals surface area contributed by atoms with Crippen molar-refractivity contribution >= 4 is 15.9 Å². The molecule has 0 radical (unpaired) electrons. The predicted octanol–water partition coefficient (Wildman–Crippen LogP) is 4.53. The third-order valence-electron chi connectivity index (χ3n) is 4.28. The minimum Gasteiger partial charge on any atom is -0.493 e. The van der Waals surface area contributed by atoms with Gasteiger partial charge in [0.2, 0.25) is 0 Å². The summed E-state index contributed by atoms with van der Waals surface area (Å²) in [4.78, 5) is 0. The third-order valence-corrected chi connectivity index (χ3v) is 4.87. The van der Waals surface area contributed by atoms with Gasteiger partial charge in [0.25, 0.3) is 0 Å². The Hall–Kier alpha value is -0.740. The van der Waals surface area contributed by atoms with Crippen molar-refractivity contribution in [3.63, 3.8) is 0 Å². The van der Waals surface area contributed by atoms with Crippen molar-refractivity contribution in [3.8, 4) is 11.5 Å². The molecule has 0 aromatic heterocycles. The van der Waals surface area contributed by atoms with E-state index in [0.717, 1.165) is 35.0 Å². The molecule has 1 fully saturated rings. The van der Waals surface area contributed by atoms with Gasteiger partial charge >= 0.3 is 0 Å². The van der Waals surface area contributed by atoms with E-state index in [1.165, 1.54) is 44.1 Å². The summed E-state index contributed by atoms with van der Waals surface area (Å²) < 4.78 is 11.6. The van der Waals surface area contributed by atoms with Crippen LogP contribution in [0.5, 0.6) is 11.5 Å². The number of halogens is 1. The van der Waals surface area contributed by atoms with Gasteiger partial charge in [-0.3, -0.25) is 0 Å². The Bertz CT molecular complexity index is 445. The average Bonchev–Trinajstić information content (AvgIpc) is 2.52. The monoisotopic (exact) mass is 355 g/mol. The molecule has 0 spiro atoms. The lowest BCUT2D eigenvalue weighted by Gasteiger charge is -2.21. The summed E-state index contributed by atoms with van der Waals surface area (Å²) in [6, 6.07) is 4.13. The summed E-state index contributed by atoms with van der Waals surface area (Å²) in [6.07, 6.45) is 8.42. The van der Waals surface area contributed by atoms with E-state index in [1.54, 1.807) is 14.2 Å². The van der Waals surface area contributed by atoms with Crippen molar-refractivity contribution in [2.24, 2.45) is 5.92 Å². The lowest BCUT2D eigenvalue weighted by atomic mass is 9.87. The van der Waals surface area contributed by atoms with Gasteiger partial charge in [0.15, 0.2) is 11.5 Å². The Morgan fingerprint density at radius 2 is 1.90 bits per heavy atom. The normalized spacial score (nSPS) is 16.0. The second-order valence-corrected chi connectivity index (χ2v) is 6.64. The van der Waals surface area contributed by atoms with Gasteiger partial charge in [-0.15, -0.1) is 0 Å². The molecule has 0 atom stereocenters. The van der Waals surface area contributed by atoms with Gasteiger partial charge in [-0.25, -0.2) is 0 Å². The predicted molar refractivity (Wildman–Crippen MR) is 90.1 cm³/mol. The van der Waals surface area contributed by atoms with Gasteiger partial charge in [0, 0.05) is 6.54 Å². The van der Waals surface area contributed by atoms with Crippen LogP contribution in [0.1, 0.15) is 44.1 Å². The fourth-order valence-corrected chi connectivity index (χ4v) is 3.74. The number of hydrogen-bond donors (Lipinski definition) is 1. The highest BCUT2D eigenvalue weighted by molar-refractivity contribution is 9.10. The molecule has 1 saturated carbocycles. The standard InChI is InChI=1S/C17H26BrNO2/c1-20-16-11-14(10-15(18)17(16)21-2)12-19-9-8-13-6-4-3-5-7-13/h10-11,13,19H,3-9,12H2,1-2H3. The first kappa shape index (κ1) is 16.6. The molecule has 1 N–H and O–H groups in total. The van der Waals surface area contributed by atoms with E-state index >= 15 is 0 Å². The second-order valence-electron chi connectivity index (χ2n) is 5.78. The highest BCUT2D eigenvalue weighted by Gasteiger charge is 2.13. The molecular formula is C17H26BrNO2. The molecule has 1 aliphatic rings. The van der Waals surface area contributed by atoms with E-state index < -0.39 is 0 Å². The van der Waals surface area contributed by atoms with Crippen LogP contribution in [-0.2, 0) is 6.54 Å². The summed E-state index contributed by atoms with van der Waals surface area (Å²) in [5.41, 5.74) is 1.21.